The smallest absolute Gasteiger partial charge is 0.232 e. The largest absolute Gasteiger partial charge is 0.341 e. The van der Waals surface area contributed by atoms with Gasteiger partial charge >= 0.3 is 0 Å². The van der Waals surface area contributed by atoms with E-state index in [1.54, 1.807) is 24.1 Å². The third-order valence-corrected chi connectivity index (χ3v) is 6.43. The summed E-state index contributed by atoms with van der Waals surface area (Å²) in [7, 11) is -1.33. The Kier molecular flexibility index (Phi) is 5.69. The molecule has 0 spiro atoms. The first-order valence-corrected chi connectivity index (χ1v) is 10.0. The normalized spacial score (nSPS) is 19.3. The van der Waals surface area contributed by atoms with E-state index in [1.165, 1.54) is 18.7 Å². The number of amides is 2. The molecule has 1 atom stereocenters. The number of carbonyl (C=O) groups excluding carboxylic acids is 2. The Bertz CT molecular complexity index is 686. The first-order chi connectivity index (χ1) is 10.8. The average molecular weight is 356 g/mol. The van der Waals surface area contributed by atoms with Gasteiger partial charge in [0.1, 0.15) is 0 Å². The van der Waals surface area contributed by atoms with Crippen molar-refractivity contribution in [2.45, 2.75) is 24.3 Å². The van der Waals surface area contributed by atoms with Crippen LogP contribution in [0.1, 0.15) is 13.3 Å². The summed E-state index contributed by atoms with van der Waals surface area (Å²) in [6.45, 7) is 1.44. The fraction of sp³-hybridized carbons (Fsp3) is 0.467. The standard InChI is InChI=1S/C15H20N2O4S2/c1-11(18)16-12-3-5-14(6-4-12)22-9-15(19)17(2)13-7-8-23(20,21)10-13/h3-6,13H,7-10H2,1-2H3,(H,16,18)/t13-/m0/s1. The molecule has 0 saturated carbocycles. The number of hydrogen-bond donors (Lipinski definition) is 1. The van der Waals surface area contributed by atoms with E-state index in [0.29, 0.717) is 12.1 Å². The third-order valence-electron chi connectivity index (χ3n) is 3.69. The second-order valence-corrected chi connectivity index (χ2v) is 8.83. The second kappa shape index (κ2) is 7.35. The number of sulfone groups is 1. The number of nitrogens with zero attached hydrogens (tertiary/aromatic N) is 1. The van der Waals surface area contributed by atoms with Crippen LogP contribution in [0.3, 0.4) is 0 Å². The molecule has 1 N–H and O–H groups in total. The summed E-state index contributed by atoms with van der Waals surface area (Å²) in [5, 5.41) is 2.68. The minimum atomic E-state index is -2.99. The number of benzene rings is 1. The summed E-state index contributed by atoms with van der Waals surface area (Å²) in [5.41, 5.74) is 0.710. The SMILES string of the molecule is CC(=O)Nc1ccc(SCC(=O)N(C)[C@H]2CCS(=O)(=O)C2)cc1. The Morgan fingerprint density at radius 3 is 2.48 bits per heavy atom. The zero-order chi connectivity index (χ0) is 17.0. The van der Waals surface area contributed by atoms with Crippen LogP contribution in [-0.4, -0.2) is 55.5 Å². The molecule has 1 saturated heterocycles. The van der Waals surface area contributed by atoms with Crippen molar-refractivity contribution in [3.63, 3.8) is 0 Å². The van der Waals surface area contributed by atoms with Crippen LogP contribution in [0.25, 0.3) is 0 Å². The van der Waals surface area contributed by atoms with Crippen LogP contribution in [0, 0.1) is 0 Å². The fourth-order valence-electron chi connectivity index (χ4n) is 2.37. The molecule has 0 aliphatic carbocycles. The lowest BCUT2D eigenvalue weighted by Gasteiger charge is -2.23. The minimum Gasteiger partial charge on any atom is -0.341 e. The number of carbonyl (C=O) groups is 2. The predicted octanol–water partition coefficient (Wildman–Crippen LogP) is 1.38. The van der Waals surface area contributed by atoms with Crippen LogP contribution < -0.4 is 5.32 Å². The lowest BCUT2D eigenvalue weighted by molar-refractivity contribution is -0.128. The van der Waals surface area contributed by atoms with Gasteiger partial charge in [0.2, 0.25) is 11.8 Å². The van der Waals surface area contributed by atoms with Gasteiger partial charge in [-0.3, -0.25) is 9.59 Å². The maximum absolute atomic E-state index is 12.2. The molecule has 1 heterocycles. The summed E-state index contributed by atoms with van der Waals surface area (Å²) in [4.78, 5) is 25.6. The van der Waals surface area contributed by atoms with Crippen molar-refractivity contribution < 1.29 is 18.0 Å². The van der Waals surface area contributed by atoms with Crippen molar-refractivity contribution in [3.05, 3.63) is 24.3 Å². The van der Waals surface area contributed by atoms with Crippen LogP contribution in [0.4, 0.5) is 5.69 Å². The lowest BCUT2D eigenvalue weighted by atomic mass is 10.2. The maximum atomic E-state index is 12.2. The molecule has 1 aliphatic rings. The predicted molar refractivity (Wildman–Crippen MR) is 91.3 cm³/mol. The Labute approximate surface area is 140 Å². The van der Waals surface area contributed by atoms with E-state index in [0.717, 1.165) is 4.90 Å². The molecule has 23 heavy (non-hydrogen) atoms. The van der Waals surface area contributed by atoms with Gasteiger partial charge in [-0.2, -0.15) is 0 Å². The topological polar surface area (TPSA) is 83.6 Å². The highest BCUT2D eigenvalue weighted by Gasteiger charge is 2.32. The highest BCUT2D eigenvalue weighted by atomic mass is 32.2. The van der Waals surface area contributed by atoms with Crippen LogP contribution in [0.5, 0.6) is 0 Å². The fourth-order valence-corrected chi connectivity index (χ4v) is 4.97. The van der Waals surface area contributed by atoms with Gasteiger partial charge in [0, 0.05) is 30.6 Å². The van der Waals surface area contributed by atoms with Crippen molar-refractivity contribution >= 4 is 39.1 Å². The lowest BCUT2D eigenvalue weighted by Crippen LogP contribution is -2.38. The molecule has 1 fully saturated rings. The van der Waals surface area contributed by atoms with Crippen LogP contribution in [0.2, 0.25) is 0 Å². The summed E-state index contributed by atoms with van der Waals surface area (Å²) < 4.78 is 23.0. The Balaban J connectivity index is 1.85. The highest BCUT2D eigenvalue weighted by molar-refractivity contribution is 8.00. The minimum absolute atomic E-state index is 0.0608. The van der Waals surface area contributed by atoms with Crippen molar-refractivity contribution in [1.29, 1.82) is 0 Å². The number of hydrogen-bond acceptors (Lipinski definition) is 5. The van der Waals surface area contributed by atoms with Gasteiger partial charge in [-0.25, -0.2) is 8.42 Å². The monoisotopic (exact) mass is 356 g/mol. The van der Waals surface area contributed by atoms with Gasteiger partial charge in [0.15, 0.2) is 9.84 Å². The van der Waals surface area contributed by atoms with E-state index in [4.69, 9.17) is 0 Å². The van der Waals surface area contributed by atoms with Gasteiger partial charge in [0.05, 0.1) is 17.3 Å². The van der Waals surface area contributed by atoms with E-state index in [-0.39, 0.29) is 35.1 Å². The van der Waals surface area contributed by atoms with E-state index in [9.17, 15) is 18.0 Å². The molecule has 0 unspecified atom stereocenters. The number of nitrogens with one attached hydrogen (secondary N) is 1. The molecule has 126 valence electrons. The summed E-state index contributed by atoms with van der Waals surface area (Å²) in [6, 6.07) is 7.02. The number of anilines is 1. The van der Waals surface area contributed by atoms with Gasteiger partial charge < -0.3 is 10.2 Å². The van der Waals surface area contributed by atoms with Gasteiger partial charge in [0.25, 0.3) is 0 Å². The maximum Gasteiger partial charge on any atom is 0.232 e. The Hall–Kier alpha value is -1.54. The van der Waals surface area contributed by atoms with Gasteiger partial charge in [-0.05, 0) is 30.7 Å². The van der Waals surface area contributed by atoms with E-state index in [1.807, 2.05) is 12.1 Å². The summed E-state index contributed by atoms with van der Waals surface area (Å²) in [6.07, 6.45) is 0.515. The van der Waals surface area contributed by atoms with E-state index >= 15 is 0 Å². The molecule has 0 radical (unpaired) electrons. The molecule has 0 aromatic heterocycles. The molecule has 2 rings (SSSR count). The number of thioether (sulfide) groups is 1. The third kappa shape index (κ3) is 5.24. The first kappa shape index (κ1) is 17.8. The summed E-state index contributed by atoms with van der Waals surface area (Å²) in [5.74, 6) is 0.266. The van der Waals surface area contributed by atoms with Crippen LogP contribution >= 0.6 is 11.8 Å². The Morgan fingerprint density at radius 2 is 1.96 bits per heavy atom. The van der Waals surface area contributed by atoms with Crippen LogP contribution in [-0.2, 0) is 19.4 Å². The Morgan fingerprint density at radius 1 is 1.30 bits per heavy atom. The van der Waals surface area contributed by atoms with E-state index in [2.05, 4.69) is 5.32 Å². The quantitative estimate of drug-likeness (QED) is 0.806. The van der Waals surface area contributed by atoms with Crippen molar-refractivity contribution in [2.24, 2.45) is 0 Å². The van der Waals surface area contributed by atoms with Gasteiger partial charge in [-0.15, -0.1) is 11.8 Å². The molecular formula is C15H20N2O4S2. The molecule has 2 amide bonds. The number of rotatable bonds is 5. The zero-order valence-electron chi connectivity index (χ0n) is 13.1. The average Bonchev–Trinajstić information content (AvgIpc) is 2.85. The first-order valence-electron chi connectivity index (χ1n) is 7.23. The zero-order valence-corrected chi connectivity index (χ0v) is 14.7. The molecule has 0 bridgehead atoms. The van der Waals surface area contributed by atoms with Crippen LogP contribution in [0.15, 0.2) is 29.2 Å². The van der Waals surface area contributed by atoms with Crippen molar-refractivity contribution in [2.75, 3.05) is 29.6 Å². The second-order valence-electron chi connectivity index (χ2n) is 5.56. The van der Waals surface area contributed by atoms with Gasteiger partial charge in [-0.1, -0.05) is 0 Å². The molecule has 1 aliphatic heterocycles. The molecule has 8 heteroatoms. The summed E-state index contributed by atoms with van der Waals surface area (Å²) >= 11 is 1.39. The van der Waals surface area contributed by atoms with Crippen molar-refractivity contribution in [1.82, 2.24) is 4.90 Å². The molecular weight excluding hydrogens is 336 g/mol. The molecule has 6 nitrogen and oxygen atoms in total. The molecule has 1 aromatic rings. The molecule has 1 aromatic carbocycles. The van der Waals surface area contributed by atoms with E-state index < -0.39 is 9.84 Å². The highest BCUT2D eigenvalue weighted by Crippen LogP contribution is 2.22. The van der Waals surface area contributed by atoms with Crippen molar-refractivity contribution in [3.8, 4) is 0 Å².